The summed E-state index contributed by atoms with van der Waals surface area (Å²) in [7, 11) is -2.94. The number of thiophene rings is 1. The van der Waals surface area contributed by atoms with Crippen molar-refractivity contribution in [2.75, 3.05) is 5.75 Å². The van der Waals surface area contributed by atoms with Crippen molar-refractivity contribution in [3.63, 3.8) is 0 Å². The first-order valence-corrected chi connectivity index (χ1v) is 6.68. The third-order valence-corrected chi connectivity index (χ3v) is 4.04. The Kier molecular flexibility index (Phi) is 3.69. The maximum absolute atomic E-state index is 11.4. The fraction of sp³-hybridized carbons (Fsp3) is 0.333. The summed E-state index contributed by atoms with van der Waals surface area (Å²) >= 11 is 1.48. The molecule has 1 aromatic heterocycles. The maximum atomic E-state index is 11.4. The largest absolute Gasteiger partial charge is 0.228 e. The quantitative estimate of drug-likeness (QED) is 0.723. The van der Waals surface area contributed by atoms with Gasteiger partial charge in [-0.3, -0.25) is 0 Å². The molecule has 0 saturated carbocycles. The molecule has 0 N–H and O–H groups in total. The van der Waals surface area contributed by atoms with E-state index in [9.17, 15) is 8.42 Å². The lowest BCUT2D eigenvalue weighted by molar-refractivity contribution is 0.598. The zero-order chi connectivity index (χ0) is 9.73. The Morgan fingerprint density at radius 2 is 2.31 bits per heavy atom. The van der Waals surface area contributed by atoms with Crippen LogP contribution in [0.15, 0.2) is 29.7 Å². The second kappa shape index (κ2) is 4.58. The molecule has 0 bridgehead atoms. The van der Waals surface area contributed by atoms with Gasteiger partial charge in [0.2, 0.25) is 0 Å². The summed E-state index contributed by atoms with van der Waals surface area (Å²) < 4.78 is 22.8. The molecule has 4 heteroatoms. The molecule has 1 heterocycles. The molecule has 0 aromatic carbocycles. The van der Waals surface area contributed by atoms with E-state index in [1.165, 1.54) is 11.3 Å². The van der Waals surface area contributed by atoms with Gasteiger partial charge in [-0.1, -0.05) is 18.2 Å². The zero-order valence-electron chi connectivity index (χ0n) is 7.43. The van der Waals surface area contributed by atoms with Crippen LogP contribution in [0.25, 0.3) is 0 Å². The van der Waals surface area contributed by atoms with E-state index in [1.54, 1.807) is 12.2 Å². The van der Waals surface area contributed by atoms with Gasteiger partial charge in [-0.25, -0.2) is 8.42 Å². The minimum absolute atomic E-state index is 0.140. The SMILES string of the molecule is C/C=C/CS(=O)(=O)Cc1cccs1. The van der Waals surface area contributed by atoms with Crippen molar-refractivity contribution in [1.82, 2.24) is 0 Å². The first-order valence-electron chi connectivity index (χ1n) is 3.98. The standard InChI is InChI=1S/C9H12O2S2/c1-2-3-7-13(10,11)8-9-5-4-6-12-9/h2-6H,7-8H2,1H3/b3-2+. The number of rotatable bonds is 4. The minimum Gasteiger partial charge on any atom is -0.228 e. The molecule has 0 atom stereocenters. The average Bonchev–Trinajstić information content (AvgIpc) is 2.52. The highest BCUT2D eigenvalue weighted by Crippen LogP contribution is 2.12. The van der Waals surface area contributed by atoms with Crippen LogP contribution in [-0.2, 0) is 15.6 Å². The number of sulfone groups is 1. The normalized spacial score (nSPS) is 12.4. The molecule has 0 amide bonds. The van der Waals surface area contributed by atoms with Gasteiger partial charge in [0.25, 0.3) is 0 Å². The average molecular weight is 216 g/mol. The van der Waals surface area contributed by atoms with Crippen LogP contribution in [0.2, 0.25) is 0 Å². The van der Waals surface area contributed by atoms with E-state index >= 15 is 0 Å². The Morgan fingerprint density at radius 1 is 1.54 bits per heavy atom. The van der Waals surface area contributed by atoms with E-state index in [1.807, 2.05) is 24.4 Å². The number of hydrogen-bond donors (Lipinski definition) is 0. The fourth-order valence-electron chi connectivity index (χ4n) is 0.913. The Labute approximate surface area is 82.8 Å². The van der Waals surface area contributed by atoms with Crippen molar-refractivity contribution in [2.24, 2.45) is 0 Å². The highest BCUT2D eigenvalue weighted by atomic mass is 32.2. The van der Waals surface area contributed by atoms with Crippen LogP contribution in [0.1, 0.15) is 11.8 Å². The summed E-state index contributed by atoms with van der Waals surface area (Å²) in [5.74, 6) is 0.302. The summed E-state index contributed by atoms with van der Waals surface area (Å²) in [4.78, 5) is 0.907. The lowest BCUT2D eigenvalue weighted by Gasteiger charge is -1.97. The van der Waals surface area contributed by atoms with Crippen LogP contribution >= 0.6 is 11.3 Å². The second-order valence-corrected chi connectivity index (χ2v) is 5.84. The zero-order valence-corrected chi connectivity index (χ0v) is 9.07. The van der Waals surface area contributed by atoms with E-state index in [0.717, 1.165) is 4.88 Å². The Balaban J connectivity index is 2.63. The van der Waals surface area contributed by atoms with E-state index in [4.69, 9.17) is 0 Å². The third-order valence-electron chi connectivity index (χ3n) is 1.53. The van der Waals surface area contributed by atoms with Crippen LogP contribution in [0.3, 0.4) is 0 Å². The summed E-state index contributed by atoms with van der Waals surface area (Å²) in [5.41, 5.74) is 0. The van der Waals surface area contributed by atoms with Gasteiger partial charge in [0.1, 0.15) is 0 Å². The lowest BCUT2D eigenvalue weighted by atomic mass is 10.5. The van der Waals surface area contributed by atoms with E-state index in [2.05, 4.69) is 0 Å². The molecule has 0 aliphatic carbocycles. The molecule has 0 spiro atoms. The Bertz CT molecular complexity index is 360. The van der Waals surface area contributed by atoms with Crippen LogP contribution in [-0.4, -0.2) is 14.2 Å². The summed E-state index contributed by atoms with van der Waals surface area (Å²) in [5, 5.41) is 1.89. The first kappa shape index (κ1) is 10.5. The minimum atomic E-state index is -2.94. The molecule has 0 unspecified atom stereocenters. The molecule has 1 rings (SSSR count). The number of hydrogen-bond acceptors (Lipinski definition) is 3. The molecule has 0 aliphatic rings. The van der Waals surface area contributed by atoms with Crippen LogP contribution in [0, 0.1) is 0 Å². The summed E-state index contributed by atoms with van der Waals surface area (Å²) in [6, 6.07) is 3.71. The second-order valence-electron chi connectivity index (χ2n) is 2.70. The molecule has 13 heavy (non-hydrogen) atoms. The molecule has 2 nitrogen and oxygen atoms in total. The molecule has 0 saturated heterocycles. The molecule has 0 fully saturated rings. The predicted octanol–water partition coefficient (Wildman–Crippen LogP) is 2.24. The van der Waals surface area contributed by atoms with Gasteiger partial charge in [0.05, 0.1) is 11.5 Å². The van der Waals surface area contributed by atoms with E-state index in [0.29, 0.717) is 0 Å². The van der Waals surface area contributed by atoms with Crippen LogP contribution in [0.5, 0.6) is 0 Å². The van der Waals surface area contributed by atoms with Gasteiger partial charge in [-0.2, -0.15) is 0 Å². The van der Waals surface area contributed by atoms with Crippen molar-refractivity contribution >= 4 is 21.2 Å². The molecule has 72 valence electrons. The molecule has 0 aliphatic heterocycles. The van der Waals surface area contributed by atoms with E-state index in [-0.39, 0.29) is 11.5 Å². The van der Waals surface area contributed by atoms with Gasteiger partial charge in [-0.15, -0.1) is 11.3 Å². The summed E-state index contributed by atoms with van der Waals surface area (Å²) in [6.45, 7) is 1.82. The monoisotopic (exact) mass is 216 g/mol. The van der Waals surface area contributed by atoms with Gasteiger partial charge in [0, 0.05) is 4.88 Å². The Hall–Kier alpha value is -0.610. The molecule has 0 radical (unpaired) electrons. The Morgan fingerprint density at radius 3 is 2.85 bits per heavy atom. The van der Waals surface area contributed by atoms with E-state index < -0.39 is 9.84 Å². The number of allylic oxidation sites excluding steroid dienone is 1. The van der Waals surface area contributed by atoms with Crippen LogP contribution in [0.4, 0.5) is 0 Å². The van der Waals surface area contributed by atoms with Gasteiger partial charge < -0.3 is 0 Å². The van der Waals surface area contributed by atoms with Crippen molar-refractivity contribution in [3.8, 4) is 0 Å². The summed E-state index contributed by atoms with van der Waals surface area (Å²) in [6.07, 6.45) is 3.43. The van der Waals surface area contributed by atoms with Crippen molar-refractivity contribution < 1.29 is 8.42 Å². The fourth-order valence-corrected chi connectivity index (χ4v) is 3.35. The lowest BCUT2D eigenvalue weighted by Crippen LogP contribution is -2.06. The van der Waals surface area contributed by atoms with Gasteiger partial charge >= 0.3 is 0 Å². The van der Waals surface area contributed by atoms with Crippen LogP contribution < -0.4 is 0 Å². The highest BCUT2D eigenvalue weighted by Gasteiger charge is 2.09. The predicted molar refractivity (Wildman–Crippen MR) is 56.6 cm³/mol. The third kappa shape index (κ3) is 3.74. The first-order chi connectivity index (χ1) is 6.14. The highest BCUT2D eigenvalue weighted by molar-refractivity contribution is 7.90. The smallest absolute Gasteiger partial charge is 0.158 e. The van der Waals surface area contributed by atoms with Crippen molar-refractivity contribution in [1.29, 1.82) is 0 Å². The topological polar surface area (TPSA) is 34.1 Å². The molecular formula is C9H12O2S2. The maximum Gasteiger partial charge on any atom is 0.158 e. The van der Waals surface area contributed by atoms with Gasteiger partial charge in [-0.05, 0) is 18.4 Å². The molecule has 1 aromatic rings. The van der Waals surface area contributed by atoms with Gasteiger partial charge in [0.15, 0.2) is 9.84 Å². The molecular weight excluding hydrogens is 204 g/mol. The van der Waals surface area contributed by atoms with Crippen molar-refractivity contribution in [2.45, 2.75) is 12.7 Å². The van der Waals surface area contributed by atoms with Crippen molar-refractivity contribution in [3.05, 3.63) is 34.5 Å².